The number of likely N-dealkylation sites (N-methyl/N-ethyl adjacent to an activating group) is 2. The van der Waals surface area contributed by atoms with Crippen LogP contribution in [0.5, 0.6) is 0 Å². The van der Waals surface area contributed by atoms with Crippen molar-refractivity contribution in [1.82, 2.24) is 25.3 Å². The van der Waals surface area contributed by atoms with E-state index in [1.165, 1.54) is 6.42 Å². The molecule has 2 saturated heterocycles. The second-order valence-electron chi connectivity index (χ2n) is 8.16. The van der Waals surface area contributed by atoms with E-state index < -0.39 is 0 Å². The summed E-state index contributed by atoms with van der Waals surface area (Å²) in [4.78, 5) is 11.8. The van der Waals surface area contributed by atoms with Gasteiger partial charge in [-0.2, -0.15) is 0 Å². The number of ether oxygens (including phenoxy) is 1. The smallest absolute Gasteiger partial charge is 0.191 e. The second kappa shape index (κ2) is 13.1. The van der Waals surface area contributed by atoms with E-state index in [0.717, 1.165) is 65.0 Å². The van der Waals surface area contributed by atoms with E-state index in [2.05, 4.69) is 58.3 Å². The Morgan fingerprint density at radius 1 is 1.11 bits per heavy atom. The van der Waals surface area contributed by atoms with Crippen LogP contribution in [0.15, 0.2) is 4.99 Å². The van der Waals surface area contributed by atoms with Crippen molar-refractivity contribution in [3.8, 4) is 0 Å². The van der Waals surface area contributed by atoms with Crippen LogP contribution in [0.2, 0.25) is 0 Å². The predicted molar refractivity (Wildman–Crippen MR) is 124 cm³/mol. The van der Waals surface area contributed by atoms with Crippen molar-refractivity contribution >= 4 is 29.9 Å². The molecule has 0 bridgehead atoms. The molecule has 2 aliphatic rings. The zero-order valence-corrected chi connectivity index (χ0v) is 20.2. The maximum absolute atomic E-state index is 5.52. The summed E-state index contributed by atoms with van der Waals surface area (Å²) in [6.07, 6.45) is 1.19. The highest BCUT2D eigenvalue weighted by Gasteiger charge is 2.24. The summed E-state index contributed by atoms with van der Waals surface area (Å²) in [5, 5.41) is 7.09. The summed E-state index contributed by atoms with van der Waals surface area (Å²) in [6.45, 7) is 13.6. The zero-order chi connectivity index (χ0) is 18.9. The molecular weight excluding hydrogens is 455 g/mol. The zero-order valence-electron chi connectivity index (χ0n) is 17.9. The summed E-state index contributed by atoms with van der Waals surface area (Å²) >= 11 is 0. The Morgan fingerprint density at radius 2 is 1.81 bits per heavy atom. The Bertz CT molecular complexity index is 430. The first kappa shape index (κ1) is 24.9. The lowest BCUT2D eigenvalue weighted by atomic mass is 10.0. The molecule has 27 heavy (non-hydrogen) atoms. The summed E-state index contributed by atoms with van der Waals surface area (Å²) in [7, 11) is 6.27. The predicted octanol–water partition coefficient (Wildman–Crippen LogP) is 0.762. The van der Waals surface area contributed by atoms with Crippen LogP contribution in [-0.2, 0) is 4.74 Å². The maximum Gasteiger partial charge on any atom is 0.191 e. The number of nitrogens with one attached hydrogen (secondary N) is 2. The Morgan fingerprint density at radius 3 is 2.44 bits per heavy atom. The number of halogens is 1. The summed E-state index contributed by atoms with van der Waals surface area (Å²) in [6, 6.07) is 1.05. The van der Waals surface area contributed by atoms with Gasteiger partial charge in [0.25, 0.3) is 0 Å². The molecule has 2 aliphatic heterocycles. The fourth-order valence-electron chi connectivity index (χ4n) is 3.82. The highest BCUT2D eigenvalue weighted by atomic mass is 127. The highest BCUT2D eigenvalue weighted by molar-refractivity contribution is 14.0. The van der Waals surface area contributed by atoms with Gasteiger partial charge in [0.2, 0.25) is 0 Å². The molecule has 8 heteroatoms. The molecule has 0 aromatic rings. The molecule has 0 radical (unpaired) electrons. The van der Waals surface area contributed by atoms with Crippen LogP contribution in [0.4, 0.5) is 0 Å². The molecule has 0 aromatic heterocycles. The summed E-state index contributed by atoms with van der Waals surface area (Å²) < 4.78 is 5.52. The van der Waals surface area contributed by atoms with Crippen LogP contribution in [0.3, 0.4) is 0 Å². The number of piperazine rings is 1. The monoisotopic (exact) mass is 496 g/mol. The summed E-state index contributed by atoms with van der Waals surface area (Å²) in [5.41, 5.74) is 0. The van der Waals surface area contributed by atoms with Crippen LogP contribution < -0.4 is 10.6 Å². The van der Waals surface area contributed by atoms with Gasteiger partial charge in [-0.1, -0.05) is 13.8 Å². The average molecular weight is 496 g/mol. The van der Waals surface area contributed by atoms with Crippen molar-refractivity contribution in [2.45, 2.75) is 32.4 Å². The molecule has 0 aromatic carbocycles. The van der Waals surface area contributed by atoms with Gasteiger partial charge in [-0.05, 0) is 26.4 Å². The van der Waals surface area contributed by atoms with Gasteiger partial charge in [-0.25, -0.2) is 0 Å². The molecule has 2 atom stereocenters. The third-order valence-electron chi connectivity index (χ3n) is 5.52. The normalized spacial score (nSPS) is 24.5. The van der Waals surface area contributed by atoms with Gasteiger partial charge in [0, 0.05) is 64.9 Å². The van der Waals surface area contributed by atoms with Gasteiger partial charge >= 0.3 is 0 Å². The standard InChI is InChI=1S/C19H40N6O.HI/c1-16(2)12-17(25-8-10-26-11-9-25)13-21-19(20-3)22-14-18-15-23(4)6-7-24(18)5;/h16-18H,6-15H2,1-5H3,(H2,20,21,22);1H. The van der Waals surface area contributed by atoms with Gasteiger partial charge in [0.1, 0.15) is 0 Å². The Kier molecular flexibility index (Phi) is 12.1. The molecule has 2 heterocycles. The van der Waals surface area contributed by atoms with E-state index in [0.29, 0.717) is 18.0 Å². The first-order chi connectivity index (χ1) is 12.5. The van der Waals surface area contributed by atoms with Gasteiger partial charge in [0.05, 0.1) is 13.2 Å². The Labute approximate surface area is 183 Å². The first-order valence-electron chi connectivity index (χ1n) is 10.1. The van der Waals surface area contributed by atoms with Crippen molar-refractivity contribution in [3.05, 3.63) is 0 Å². The van der Waals surface area contributed by atoms with Crippen LogP contribution in [0, 0.1) is 5.92 Å². The van der Waals surface area contributed by atoms with Gasteiger partial charge in [-0.15, -0.1) is 24.0 Å². The van der Waals surface area contributed by atoms with Crippen molar-refractivity contribution in [1.29, 1.82) is 0 Å². The van der Waals surface area contributed by atoms with E-state index in [-0.39, 0.29) is 24.0 Å². The third-order valence-corrected chi connectivity index (χ3v) is 5.52. The molecule has 7 nitrogen and oxygen atoms in total. The number of hydrogen-bond acceptors (Lipinski definition) is 5. The molecule has 2 rings (SSSR count). The molecular formula is C19H41IN6O. The third kappa shape index (κ3) is 8.81. The Hall–Kier alpha value is -0.160. The minimum atomic E-state index is 0. The van der Waals surface area contributed by atoms with Crippen molar-refractivity contribution in [2.24, 2.45) is 10.9 Å². The number of nitrogens with zero attached hydrogens (tertiary/aromatic N) is 4. The van der Waals surface area contributed by atoms with Crippen molar-refractivity contribution in [3.63, 3.8) is 0 Å². The number of hydrogen-bond donors (Lipinski definition) is 2. The van der Waals surface area contributed by atoms with Gasteiger partial charge in [0.15, 0.2) is 5.96 Å². The molecule has 2 N–H and O–H groups in total. The van der Waals surface area contributed by atoms with Gasteiger partial charge in [-0.3, -0.25) is 14.8 Å². The number of guanidine groups is 1. The maximum atomic E-state index is 5.52. The van der Waals surface area contributed by atoms with Crippen LogP contribution in [0.25, 0.3) is 0 Å². The fourth-order valence-corrected chi connectivity index (χ4v) is 3.82. The molecule has 0 spiro atoms. The largest absolute Gasteiger partial charge is 0.379 e. The van der Waals surface area contributed by atoms with E-state index in [1.54, 1.807) is 0 Å². The van der Waals surface area contributed by atoms with E-state index in [9.17, 15) is 0 Å². The molecule has 0 saturated carbocycles. The number of morpholine rings is 1. The molecule has 0 amide bonds. The molecule has 2 unspecified atom stereocenters. The molecule has 160 valence electrons. The number of aliphatic imine (C=N–C) groups is 1. The lowest BCUT2D eigenvalue weighted by Gasteiger charge is -2.38. The van der Waals surface area contributed by atoms with Crippen molar-refractivity contribution < 1.29 is 4.74 Å². The molecule has 0 aliphatic carbocycles. The van der Waals surface area contributed by atoms with Crippen LogP contribution >= 0.6 is 24.0 Å². The minimum Gasteiger partial charge on any atom is -0.379 e. The van der Waals surface area contributed by atoms with Crippen LogP contribution in [-0.4, -0.2) is 113 Å². The Balaban J connectivity index is 0.00000364. The highest BCUT2D eigenvalue weighted by Crippen LogP contribution is 2.13. The van der Waals surface area contributed by atoms with E-state index >= 15 is 0 Å². The van der Waals surface area contributed by atoms with Crippen LogP contribution in [0.1, 0.15) is 20.3 Å². The lowest BCUT2D eigenvalue weighted by molar-refractivity contribution is 0.0132. The second-order valence-corrected chi connectivity index (χ2v) is 8.16. The average Bonchev–Trinajstić information content (AvgIpc) is 2.63. The first-order valence-corrected chi connectivity index (χ1v) is 10.1. The fraction of sp³-hybridized carbons (Fsp3) is 0.947. The number of rotatable bonds is 7. The summed E-state index contributed by atoms with van der Waals surface area (Å²) in [5.74, 6) is 1.60. The van der Waals surface area contributed by atoms with Crippen molar-refractivity contribution in [2.75, 3.05) is 80.2 Å². The van der Waals surface area contributed by atoms with E-state index in [1.807, 2.05) is 7.05 Å². The quantitative estimate of drug-likeness (QED) is 0.309. The molecule has 2 fully saturated rings. The topological polar surface area (TPSA) is 55.4 Å². The minimum absolute atomic E-state index is 0. The lowest BCUT2D eigenvalue weighted by Crippen LogP contribution is -2.56. The SMILES string of the molecule is CN=C(NCC1CN(C)CCN1C)NCC(CC(C)C)N1CCOCC1.I. The van der Waals surface area contributed by atoms with E-state index in [4.69, 9.17) is 4.74 Å². The van der Waals surface area contributed by atoms with Gasteiger partial charge < -0.3 is 20.3 Å².